The molecule has 0 aliphatic rings. The Morgan fingerprint density at radius 1 is 1.07 bits per heavy atom. The zero-order valence-electron chi connectivity index (χ0n) is 17.3. The molecule has 0 aliphatic heterocycles. The normalized spacial score (nSPS) is 11.6. The summed E-state index contributed by atoms with van der Waals surface area (Å²) in [5, 5.41) is 0. The summed E-state index contributed by atoms with van der Waals surface area (Å²) < 4.78 is 44.7. The lowest BCUT2D eigenvalue weighted by Gasteiger charge is -2.21. The van der Waals surface area contributed by atoms with Crippen LogP contribution in [-0.4, -0.2) is 56.2 Å². The number of rotatable bonds is 8. The standard InChI is InChI=1S/C21H25FN2O5S/c1-15(2)24(4)30(27,28)19-10-6-8-17(12-19)21(26)29-14-20(25)23(3)13-16-7-5-9-18(22)11-16/h5-12,15H,13-14H2,1-4H3. The fourth-order valence-corrected chi connectivity index (χ4v) is 3.96. The maximum Gasteiger partial charge on any atom is 0.338 e. The van der Waals surface area contributed by atoms with Crippen LogP contribution in [0, 0.1) is 5.82 Å². The molecule has 2 aromatic rings. The highest BCUT2D eigenvalue weighted by atomic mass is 32.2. The summed E-state index contributed by atoms with van der Waals surface area (Å²) in [4.78, 5) is 25.8. The van der Waals surface area contributed by atoms with Crippen LogP contribution in [0.1, 0.15) is 29.8 Å². The molecule has 0 bridgehead atoms. The largest absolute Gasteiger partial charge is 0.452 e. The van der Waals surface area contributed by atoms with E-state index in [1.54, 1.807) is 26.0 Å². The van der Waals surface area contributed by atoms with Gasteiger partial charge < -0.3 is 9.64 Å². The van der Waals surface area contributed by atoms with Crippen LogP contribution in [0.25, 0.3) is 0 Å². The Bertz CT molecular complexity index is 1020. The van der Waals surface area contributed by atoms with Crippen molar-refractivity contribution in [2.24, 2.45) is 0 Å². The van der Waals surface area contributed by atoms with Gasteiger partial charge in [-0.25, -0.2) is 17.6 Å². The molecule has 0 aromatic heterocycles. The van der Waals surface area contributed by atoms with Crippen LogP contribution < -0.4 is 0 Å². The van der Waals surface area contributed by atoms with Gasteiger partial charge in [0, 0.05) is 26.7 Å². The third-order valence-electron chi connectivity index (χ3n) is 4.54. The van der Waals surface area contributed by atoms with Crippen molar-refractivity contribution in [3.05, 3.63) is 65.5 Å². The first-order chi connectivity index (χ1) is 14.0. The minimum absolute atomic E-state index is 0.0221. The van der Waals surface area contributed by atoms with E-state index >= 15 is 0 Å². The molecule has 0 unspecified atom stereocenters. The van der Waals surface area contributed by atoms with Crippen molar-refractivity contribution in [1.82, 2.24) is 9.21 Å². The van der Waals surface area contributed by atoms with Gasteiger partial charge in [0.15, 0.2) is 6.61 Å². The van der Waals surface area contributed by atoms with Crippen LogP contribution in [0.5, 0.6) is 0 Å². The molecule has 0 atom stereocenters. The lowest BCUT2D eigenvalue weighted by Crippen LogP contribution is -2.33. The molecular formula is C21H25FN2O5S. The predicted molar refractivity (Wildman–Crippen MR) is 110 cm³/mol. The topological polar surface area (TPSA) is 84.0 Å². The van der Waals surface area contributed by atoms with Crippen molar-refractivity contribution >= 4 is 21.9 Å². The van der Waals surface area contributed by atoms with Gasteiger partial charge in [-0.05, 0) is 49.7 Å². The van der Waals surface area contributed by atoms with Crippen molar-refractivity contribution in [3.63, 3.8) is 0 Å². The highest BCUT2D eigenvalue weighted by molar-refractivity contribution is 7.89. The lowest BCUT2D eigenvalue weighted by molar-refractivity contribution is -0.133. The van der Waals surface area contributed by atoms with Crippen molar-refractivity contribution in [2.45, 2.75) is 31.3 Å². The Morgan fingerprint density at radius 3 is 2.37 bits per heavy atom. The molecule has 2 rings (SSSR count). The Labute approximate surface area is 176 Å². The van der Waals surface area contributed by atoms with E-state index < -0.39 is 34.3 Å². The zero-order chi connectivity index (χ0) is 22.5. The minimum Gasteiger partial charge on any atom is -0.452 e. The number of halogens is 1. The number of sulfonamides is 1. The van der Waals surface area contributed by atoms with E-state index in [0.717, 1.165) is 0 Å². The lowest BCUT2D eigenvalue weighted by atomic mass is 10.2. The number of amides is 1. The minimum atomic E-state index is -3.76. The summed E-state index contributed by atoms with van der Waals surface area (Å²) in [6.07, 6.45) is 0. The maximum atomic E-state index is 13.3. The molecule has 0 saturated heterocycles. The van der Waals surface area contributed by atoms with Gasteiger partial charge >= 0.3 is 5.97 Å². The molecule has 2 aromatic carbocycles. The summed E-state index contributed by atoms with van der Waals surface area (Å²) in [5.41, 5.74) is 0.623. The second kappa shape index (κ2) is 9.82. The number of benzene rings is 2. The molecule has 0 saturated carbocycles. The number of ether oxygens (including phenoxy) is 1. The van der Waals surface area contributed by atoms with Gasteiger partial charge in [0.25, 0.3) is 5.91 Å². The smallest absolute Gasteiger partial charge is 0.338 e. The number of likely N-dealkylation sites (N-methyl/N-ethyl adjacent to an activating group) is 1. The molecule has 9 heteroatoms. The number of esters is 1. The van der Waals surface area contributed by atoms with E-state index in [1.165, 1.54) is 59.7 Å². The average Bonchev–Trinajstić information content (AvgIpc) is 2.71. The van der Waals surface area contributed by atoms with Crippen molar-refractivity contribution in [3.8, 4) is 0 Å². The zero-order valence-corrected chi connectivity index (χ0v) is 18.1. The third kappa shape index (κ3) is 5.87. The first-order valence-electron chi connectivity index (χ1n) is 9.26. The number of nitrogens with zero attached hydrogens (tertiary/aromatic N) is 2. The molecule has 7 nitrogen and oxygen atoms in total. The fraction of sp³-hybridized carbons (Fsp3) is 0.333. The fourth-order valence-electron chi connectivity index (χ4n) is 2.55. The van der Waals surface area contributed by atoms with Crippen molar-refractivity contribution in [2.75, 3.05) is 20.7 Å². The summed E-state index contributed by atoms with van der Waals surface area (Å²) >= 11 is 0. The second-order valence-corrected chi connectivity index (χ2v) is 9.10. The molecule has 0 fully saturated rings. The van der Waals surface area contributed by atoms with Crippen LogP contribution in [-0.2, 0) is 26.1 Å². The van der Waals surface area contributed by atoms with Crippen LogP contribution in [0.15, 0.2) is 53.4 Å². The van der Waals surface area contributed by atoms with Crippen molar-refractivity contribution in [1.29, 1.82) is 0 Å². The number of carbonyl (C=O) groups is 2. The van der Waals surface area contributed by atoms with E-state index in [9.17, 15) is 22.4 Å². The van der Waals surface area contributed by atoms with E-state index in [-0.39, 0.29) is 23.0 Å². The van der Waals surface area contributed by atoms with Gasteiger partial charge in [0.2, 0.25) is 10.0 Å². The van der Waals surface area contributed by atoms with Gasteiger partial charge in [-0.2, -0.15) is 4.31 Å². The van der Waals surface area contributed by atoms with Gasteiger partial charge in [-0.1, -0.05) is 18.2 Å². The van der Waals surface area contributed by atoms with Gasteiger partial charge in [0.05, 0.1) is 10.5 Å². The molecule has 162 valence electrons. The Kier molecular flexibility index (Phi) is 7.69. The maximum absolute atomic E-state index is 13.3. The molecule has 1 amide bonds. The van der Waals surface area contributed by atoms with E-state index in [2.05, 4.69) is 0 Å². The number of hydrogen-bond acceptors (Lipinski definition) is 5. The molecule has 30 heavy (non-hydrogen) atoms. The first kappa shape index (κ1) is 23.5. The third-order valence-corrected chi connectivity index (χ3v) is 6.56. The molecule has 0 radical (unpaired) electrons. The quantitative estimate of drug-likeness (QED) is 0.594. The molecule has 0 heterocycles. The number of carbonyl (C=O) groups excluding carboxylic acids is 2. The molecule has 0 N–H and O–H groups in total. The molecule has 0 aliphatic carbocycles. The first-order valence-corrected chi connectivity index (χ1v) is 10.7. The summed E-state index contributed by atoms with van der Waals surface area (Å²) in [7, 11) is -0.791. The van der Waals surface area contributed by atoms with E-state index in [0.29, 0.717) is 5.56 Å². The van der Waals surface area contributed by atoms with Crippen LogP contribution >= 0.6 is 0 Å². The van der Waals surface area contributed by atoms with Gasteiger partial charge in [0.1, 0.15) is 5.82 Å². The average molecular weight is 437 g/mol. The summed E-state index contributed by atoms with van der Waals surface area (Å²) in [5.74, 6) is -1.69. The highest BCUT2D eigenvalue weighted by Gasteiger charge is 2.24. The van der Waals surface area contributed by atoms with Crippen LogP contribution in [0.3, 0.4) is 0 Å². The van der Waals surface area contributed by atoms with Crippen molar-refractivity contribution < 1.29 is 27.1 Å². The summed E-state index contributed by atoms with van der Waals surface area (Å²) in [6.45, 7) is 3.11. The Morgan fingerprint density at radius 2 is 1.73 bits per heavy atom. The molecular weight excluding hydrogens is 411 g/mol. The number of hydrogen-bond donors (Lipinski definition) is 0. The van der Waals surface area contributed by atoms with Gasteiger partial charge in [-0.3, -0.25) is 4.79 Å². The second-order valence-electron chi connectivity index (χ2n) is 7.10. The summed E-state index contributed by atoms with van der Waals surface area (Å²) in [6, 6.07) is 11.1. The molecule has 0 spiro atoms. The van der Waals surface area contributed by atoms with Crippen LogP contribution in [0.2, 0.25) is 0 Å². The Hall–Kier alpha value is -2.78. The van der Waals surface area contributed by atoms with Gasteiger partial charge in [-0.15, -0.1) is 0 Å². The highest BCUT2D eigenvalue weighted by Crippen LogP contribution is 2.18. The monoisotopic (exact) mass is 436 g/mol. The Balaban J connectivity index is 2.02. The van der Waals surface area contributed by atoms with E-state index in [4.69, 9.17) is 4.74 Å². The SMILES string of the molecule is CC(C)N(C)S(=O)(=O)c1cccc(C(=O)OCC(=O)N(C)Cc2cccc(F)c2)c1. The predicted octanol–water partition coefficient (Wildman–Crippen LogP) is 2.67. The van der Waals surface area contributed by atoms with E-state index in [1.807, 2.05) is 0 Å². The van der Waals surface area contributed by atoms with Crippen LogP contribution in [0.4, 0.5) is 4.39 Å².